The van der Waals surface area contributed by atoms with Gasteiger partial charge in [0.05, 0.1) is 17.4 Å². The number of aromatic nitrogens is 2. The Hall–Kier alpha value is -1.36. The van der Waals surface area contributed by atoms with E-state index in [0.717, 1.165) is 11.1 Å². The third kappa shape index (κ3) is 1.29. The van der Waals surface area contributed by atoms with Crippen molar-refractivity contribution in [3.63, 3.8) is 0 Å². The number of primary amides is 1. The molecule has 1 aromatic heterocycles. The average Bonchev–Trinajstić information content (AvgIpc) is 2.62. The van der Waals surface area contributed by atoms with E-state index in [1.165, 1.54) is 0 Å². The smallest absolute Gasteiger partial charge is 0.251 e. The highest BCUT2D eigenvalue weighted by Gasteiger charge is 2.13. The largest absolute Gasteiger partial charge is 0.366 e. The van der Waals surface area contributed by atoms with E-state index < -0.39 is 5.91 Å². The number of hydrogen-bond donors (Lipinski definition) is 2. The average molecular weight is 254 g/mol. The van der Waals surface area contributed by atoms with Crippen LogP contribution in [-0.4, -0.2) is 15.9 Å². The molecule has 2 aromatic rings. The first kappa shape index (κ1) is 9.21. The fourth-order valence-electron chi connectivity index (χ4n) is 1.44. The summed E-state index contributed by atoms with van der Waals surface area (Å²) in [6, 6.07) is 3.74. The number of nitrogens with one attached hydrogen (secondary N) is 1. The summed E-state index contributed by atoms with van der Waals surface area (Å²) in [4.78, 5) is 18.2. The molecule has 0 aliphatic rings. The van der Waals surface area contributed by atoms with E-state index in [0.29, 0.717) is 16.4 Å². The number of carbonyl (C=O) groups excluding carboxylic acids is 1. The van der Waals surface area contributed by atoms with Gasteiger partial charge in [-0.05, 0) is 11.6 Å². The van der Waals surface area contributed by atoms with Gasteiger partial charge in [-0.15, -0.1) is 0 Å². The van der Waals surface area contributed by atoms with Crippen LogP contribution < -0.4 is 5.73 Å². The molecule has 0 atom stereocenters. The Balaban J connectivity index is 2.82. The first-order chi connectivity index (χ1) is 6.74. The van der Waals surface area contributed by atoms with Gasteiger partial charge in [0.15, 0.2) is 0 Å². The maximum absolute atomic E-state index is 11.2. The standard InChI is InChI=1S/C9H8BrN3O/c10-3-5-1-2-6-8(13-4-12-6)7(5)9(11)14/h1-2,4H,3H2,(H2,11,14)(H,12,13). The molecular weight excluding hydrogens is 246 g/mol. The van der Waals surface area contributed by atoms with Crippen LogP contribution in [-0.2, 0) is 5.33 Å². The lowest BCUT2D eigenvalue weighted by Gasteiger charge is -2.03. The zero-order valence-electron chi connectivity index (χ0n) is 7.25. The third-order valence-corrected chi connectivity index (χ3v) is 2.67. The first-order valence-corrected chi connectivity index (χ1v) is 5.17. The summed E-state index contributed by atoms with van der Waals surface area (Å²) in [7, 11) is 0. The van der Waals surface area contributed by atoms with Crippen LogP contribution in [0, 0.1) is 0 Å². The van der Waals surface area contributed by atoms with E-state index in [1.807, 2.05) is 12.1 Å². The number of amides is 1. The van der Waals surface area contributed by atoms with Crippen molar-refractivity contribution in [1.29, 1.82) is 0 Å². The van der Waals surface area contributed by atoms with Gasteiger partial charge in [0.2, 0.25) is 0 Å². The number of benzene rings is 1. The van der Waals surface area contributed by atoms with Crippen LogP contribution in [0.5, 0.6) is 0 Å². The minimum Gasteiger partial charge on any atom is -0.366 e. The number of alkyl halides is 1. The van der Waals surface area contributed by atoms with E-state index in [-0.39, 0.29) is 0 Å². The SMILES string of the molecule is NC(=O)c1c(CBr)ccc2[nH]cnc12. The molecule has 5 heteroatoms. The molecular formula is C9H8BrN3O. The number of rotatable bonds is 2. The molecule has 1 aromatic carbocycles. The van der Waals surface area contributed by atoms with Crippen molar-refractivity contribution in [3.8, 4) is 0 Å². The molecule has 0 aliphatic carbocycles. The van der Waals surface area contributed by atoms with Crippen molar-refractivity contribution in [3.05, 3.63) is 29.6 Å². The molecule has 4 nitrogen and oxygen atoms in total. The van der Waals surface area contributed by atoms with Gasteiger partial charge in [-0.1, -0.05) is 22.0 Å². The predicted octanol–water partition coefficient (Wildman–Crippen LogP) is 1.56. The van der Waals surface area contributed by atoms with Crippen LogP contribution in [0.2, 0.25) is 0 Å². The van der Waals surface area contributed by atoms with Crippen molar-refractivity contribution in [2.24, 2.45) is 5.73 Å². The second-order valence-corrected chi connectivity index (χ2v) is 3.46. The summed E-state index contributed by atoms with van der Waals surface area (Å²) in [5, 5.41) is 0.591. The number of halogens is 1. The second-order valence-electron chi connectivity index (χ2n) is 2.90. The van der Waals surface area contributed by atoms with Crippen molar-refractivity contribution in [1.82, 2.24) is 9.97 Å². The van der Waals surface area contributed by atoms with Gasteiger partial charge in [0.25, 0.3) is 5.91 Å². The molecule has 0 fully saturated rings. The Kier molecular flexibility index (Phi) is 2.25. The fourth-order valence-corrected chi connectivity index (χ4v) is 1.90. The van der Waals surface area contributed by atoms with Crippen LogP contribution in [0.1, 0.15) is 15.9 Å². The van der Waals surface area contributed by atoms with Gasteiger partial charge >= 0.3 is 0 Å². The van der Waals surface area contributed by atoms with E-state index in [2.05, 4.69) is 25.9 Å². The molecule has 2 rings (SSSR count). The number of aromatic amines is 1. The van der Waals surface area contributed by atoms with Gasteiger partial charge in [0, 0.05) is 5.33 Å². The van der Waals surface area contributed by atoms with Crippen molar-refractivity contribution in [2.75, 3.05) is 0 Å². The molecule has 0 aliphatic heterocycles. The molecule has 0 radical (unpaired) electrons. The molecule has 1 heterocycles. The Morgan fingerprint density at radius 1 is 1.57 bits per heavy atom. The minimum absolute atomic E-state index is 0.447. The zero-order chi connectivity index (χ0) is 10.1. The predicted molar refractivity (Wildman–Crippen MR) is 57.2 cm³/mol. The Labute approximate surface area is 88.6 Å². The molecule has 72 valence electrons. The highest BCUT2D eigenvalue weighted by molar-refractivity contribution is 9.08. The van der Waals surface area contributed by atoms with Crippen molar-refractivity contribution >= 4 is 32.9 Å². The third-order valence-electron chi connectivity index (χ3n) is 2.07. The van der Waals surface area contributed by atoms with E-state index in [1.54, 1.807) is 6.33 Å². The summed E-state index contributed by atoms with van der Waals surface area (Å²) < 4.78 is 0. The summed E-state index contributed by atoms with van der Waals surface area (Å²) in [6.07, 6.45) is 1.55. The minimum atomic E-state index is -0.447. The number of carbonyl (C=O) groups is 1. The summed E-state index contributed by atoms with van der Waals surface area (Å²) in [6.45, 7) is 0. The first-order valence-electron chi connectivity index (χ1n) is 4.04. The normalized spacial score (nSPS) is 10.6. The Bertz CT molecular complexity index is 492. The lowest BCUT2D eigenvalue weighted by Crippen LogP contribution is -2.14. The molecule has 14 heavy (non-hydrogen) atoms. The van der Waals surface area contributed by atoms with Gasteiger partial charge in [-0.3, -0.25) is 4.79 Å². The highest BCUT2D eigenvalue weighted by Crippen LogP contribution is 2.20. The highest BCUT2D eigenvalue weighted by atomic mass is 79.9. The van der Waals surface area contributed by atoms with Crippen LogP contribution in [0.3, 0.4) is 0 Å². The fraction of sp³-hybridized carbons (Fsp3) is 0.111. The second kappa shape index (κ2) is 3.42. The van der Waals surface area contributed by atoms with Gasteiger partial charge in [0.1, 0.15) is 5.52 Å². The lowest BCUT2D eigenvalue weighted by molar-refractivity contribution is 0.100. The van der Waals surface area contributed by atoms with Gasteiger partial charge in [-0.25, -0.2) is 4.98 Å². The molecule has 3 N–H and O–H groups in total. The Morgan fingerprint density at radius 3 is 3.00 bits per heavy atom. The van der Waals surface area contributed by atoms with Crippen LogP contribution in [0.15, 0.2) is 18.5 Å². The van der Waals surface area contributed by atoms with Crippen LogP contribution in [0.4, 0.5) is 0 Å². The maximum atomic E-state index is 11.2. The summed E-state index contributed by atoms with van der Waals surface area (Å²) >= 11 is 3.30. The van der Waals surface area contributed by atoms with Crippen molar-refractivity contribution < 1.29 is 4.79 Å². The van der Waals surface area contributed by atoms with Crippen molar-refractivity contribution in [2.45, 2.75) is 5.33 Å². The number of imidazole rings is 1. The van der Waals surface area contributed by atoms with Crippen LogP contribution >= 0.6 is 15.9 Å². The molecule has 0 unspecified atom stereocenters. The number of nitrogens with two attached hydrogens (primary N) is 1. The zero-order valence-corrected chi connectivity index (χ0v) is 8.84. The summed E-state index contributed by atoms with van der Waals surface area (Å²) in [5.74, 6) is -0.447. The number of hydrogen-bond acceptors (Lipinski definition) is 2. The number of fused-ring (bicyclic) bond motifs is 1. The van der Waals surface area contributed by atoms with Gasteiger partial charge in [-0.2, -0.15) is 0 Å². The van der Waals surface area contributed by atoms with E-state index >= 15 is 0 Å². The number of nitrogens with zero attached hydrogens (tertiary/aromatic N) is 1. The topological polar surface area (TPSA) is 71.8 Å². The molecule has 1 amide bonds. The molecule has 0 saturated heterocycles. The van der Waals surface area contributed by atoms with Gasteiger partial charge < -0.3 is 10.7 Å². The van der Waals surface area contributed by atoms with E-state index in [9.17, 15) is 4.79 Å². The monoisotopic (exact) mass is 253 g/mol. The maximum Gasteiger partial charge on any atom is 0.251 e. The molecule has 0 saturated carbocycles. The number of H-pyrrole nitrogens is 1. The lowest BCUT2D eigenvalue weighted by atomic mass is 10.1. The Morgan fingerprint density at radius 2 is 2.36 bits per heavy atom. The summed E-state index contributed by atoms with van der Waals surface area (Å²) in [5.41, 5.74) is 8.10. The molecule has 0 spiro atoms. The molecule has 0 bridgehead atoms. The van der Waals surface area contributed by atoms with Crippen LogP contribution in [0.25, 0.3) is 11.0 Å². The van der Waals surface area contributed by atoms with E-state index in [4.69, 9.17) is 5.73 Å². The quantitative estimate of drug-likeness (QED) is 0.798.